The Morgan fingerprint density at radius 1 is 1.45 bits per heavy atom. The average Bonchev–Trinajstić information content (AvgIpc) is 2.75. The lowest BCUT2D eigenvalue weighted by molar-refractivity contribution is 0.108. The van der Waals surface area contributed by atoms with E-state index in [2.05, 4.69) is 28.8 Å². The van der Waals surface area contributed by atoms with Crippen molar-refractivity contribution >= 4 is 10.0 Å². The molecule has 0 unspecified atom stereocenters. The van der Waals surface area contributed by atoms with Gasteiger partial charge in [0.15, 0.2) is 0 Å². The van der Waals surface area contributed by atoms with Gasteiger partial charge in [0.05, 0.1) is 12.3 Å². The van der Waals surface area contributed by atoms with Gasteiger partial charge in [0.1, 0.15) is 10.6 Å². The van der Waals surface area contributed by atoms with Gasteiger partial charge in [-0.15, -0.1) is 0 Å². The SMILES string of the molecule is Cc1[nH]nc(CO)c1S(=O)(=O)NCCCOCC(C)C. The molecule has 20 heavy (non-hydrogen) atoms. The molecule has 0 saturated heterocycles. The topological polar surface area (TPSA) is 104 Å². The van der Waals surface area contributed by atoms with Gasteiger partial charge in [0.2, 0.25) is 10.0 Å². The van der Waals surface area contributed by atoms with Crippen molar-refractivity contribution in [3.05, 3.63) is 11.4 Å². The molecule has 0 aliphatic heterocycles. The monoisotopic (exact) mass is 305 g/mol. The van der Waals surface area contributed by atoms with E-state index in [0.717, 1.165) is 0 Å². The van der Waals surface area contributed by atoms with Gasteiger partial charge in [-0.05, 0) is 19.3 Å². The molecule has 0 bridgehead atoms. The van der Waals surface area contributed by atoms with Crippen molar-refractivity contribution in [2.75, 3.05) is 19.8 Å². The smallest absolute Gasteiger partial charge is 0.244 e. The van der Waals surface area contributed by atoms with E-state index in [0.29, 0.717) is 31.2 Å². The number of aromatic amines is 1. The minimum Gasteiger partial charge on any atom is -0.390 e. The summed E-state index contributed by atoms with van der Waals surface area (Å²) in [4.78, 5) is 0.0306. The summed E-state index contributed by atoms with van der Waals surface area (Å²) >= 11 is 0. The molecular weight excluding hydrogens is 282 g/mol. The summed E-state index contributed by atoms with van der Waals surface area (Å²) < 4.78 is 32.1. The Morgan fingerprint density at radius 3 is 2.75 bits per heavy atom. The molecule has 1 aromatic heterocycles. The fourth-order valence-corrected chi connectivity index (χ4v) is 3.13. The number of hydrogen-bond acceptors (Lipinski definition) is 5. The molecule has 0 aromatic carbocycles. The Labute approximate surface area is 119 Å². The van der Waals surface area contributed by atoms with Crippen LogP contribution < -0.4 is 4.72 Å². The highest BCUT2D eigenvalue weighted by molar-refractivity contribution is 7.89. The second kappa shape index (κ2) is 7.72. The number of sulfonamides is 1. The summed E-state index contributed by atoms with van der Waals surface area (Å²) in [7, 11) is -3.65. The van der Waals surface area contributed by atoms with Crippen molar-refractivity contribution in [2.45, 2.75) is 38.7 Å². The second-order valence-corrected chi connectivity index (χ2v) is 6.71. The molecule has 8 heteroatoms. The molecule has 0 atom stereocenters. The third-order valence-corrected chi connectivity index (χ3v) is 4.25. The summed E-state index contributed by atoms with van der Waals surface area (Å²) in [6.45, 7) is 6.77. The first kappa shape index (κ1) is 17.1. The van der Waals surface area contributed by atoms with E-state index in [1.54, 1.807) is 6.92 Å². The zero-order valence-electron chi connectivity index (χ0n) is 12.1. The van der Waals surface area contributed by atoms with Crippen LogP contribution in [0.15, 0.2) is 4.90 Å². The van der Waals surface area contributed by atoms with Gasteiger partial charge in [0.25, 0.3) is 0 Å². The van der Waals surface area contributed by atoms with Crippen molar-refractivity contribution < 1.29 is 18.3 Å². The Morgan fingerprint density at radius 2 is 2.15 bits per heavy atom. The van der Waals surface area contributed by atoms with Gasteiger partial charge in [0, 0.05) is 19.8 Å². The molecular formula is C12H23N3O4S. The highest BCUT2D eigenvalue weighted by Crippen LogP contribution is 2.17. The van der Waals surface area contributed by atoms with Crippen LogP contribution in [0.25, 0.3) is 0 Å². The highest BCUT2D eigenvalue weighted by Gasteiger charge is 2.23. The van der Waals surface area contributed by atoms with Gasteiger partial charge >= 0.3 is 0 Å². The summed E-state index contributed by atoms with van der Waals surface area (Å²) in [5, 5.41) is 15.4. The number of ether oxygens (including phenoxy) is 1. The Bertz CT molecular complexity index is 511. The quantitative estimate of drug-likeness (QED) is 0.578. The van der Waals surface area contributed by atoms with Gasteiger partial charge in [-0.25, -0.2) is 13.1 Å². The molecule has 7 nitrogen and oxygen atoms in total. The van der Waals surface area contributed by atoms with Crippen LogP contribution in [0.4, 0.5) is 0 Å². The lowest BCUT2D eigenvalue weighted by atomic mass is 10.2. The molecule has 0 aliphatic carbocycles. The average molecular weight is 305 g/mol. The number of rotatable bonds is 9. The van der Waals surface area contributed by atoms with Crippen LogP contribution in [-0.4, -0.2) is 43.5 Å². The largest absolute Gasteiger partial charge is 0.390 e. The maximum absolute atomic E-state index is 12.1. The van der Waals surface area contributed by atoms with Crippen LogP contribution in [0.3, 0.4) is 0 Å². The van der Waals surface area contributed by atoms with E-state index in [4.69, 9.17) is 9.84 Å². The molecule has 116 valence electrons. The van der Waals surface area contributed by atoms with Crippen LogP contribution in [0.2, 0.25) is 0 Å². The van der Waals surface area contributed by atoms with Crippen molar-refractivity contribution in [1.29, 1.82) is 0 Å². The van der Waals surface area contributed by atoms with Crippen molar-refractivity contribution in [2.24, 2.45) is 5.92 Å². The maximum atomic E-state index is 12.1. The number of aliphatic hydroxyl groups excluding tert-OH is 1. The number of nitrogens with one attached hydrogen (secondary N) is 2. The van der Waals surface area contributed by atoms with E-state index in [1.807, 2.05) is 0 Å². The first-order chi connectivity index (χ1) is 9.38. The van der Waals surface area contributed by atoms with Crippen molar-refractivity contribution in [3.63, 3.8) is 0 Å². The molecule has 1 aromatic rings. The first-order valence-corrected chi connectivity index (χ1v) is 8.09. The van der Waals surface area contributed by atoms with E-state index in [1.165, 1.54) is 0 Å². The van der Waals surface area contributed by atoms with Crippen molar-refractivity contribution in [3.8, 4) is 0 Å². The number of H-pyrrole nitrogens is 1. The Hall–Kier alpha value is -0.960. The summed E-state index contributed by atoms with van der Waals surface area (Å²) in [5.74, 6) is 0.465. The molecule has 0 fully saturated rings. The van der Waals surface area contributed by atoms with E-state index in [-0.39, 0.29) is 17.1 Å². The van der Waals surface area contributed by atoms with Crippen LogP contribution in [0.5, 0.6) is 0 Å². The van der Waals surface area contributed by atoms with Gasteiger partial charge in [-0.1, -0.05) is 13.8 Å². The fraction of sp³-hybridized carbons (Fsp3) is 0.750. The number of aryl methyl sites for hydroxylation is 1. The number of aliphatic hydroxyl groups is 1. The van der Waals surface area contributed by atoms with Crippen LogP contribution in [-0.2, 0) is 21.4 Å². The van der Waals surface area contributed by atoms with Gasteiger partial charge in [-0.3, -0.25) is 5.10 Å². The molecule has 0 saturated carbocycles. The third-order valence-electron chi connectivity index (χ3n) is 2.59. The van der Waals surface area contributed by atoms with E-state index < -0.39 is 16.6 Å². The normalized spacial score (nSPS) is 12.2. The van der Waals surface area contributed by atoms with Crippen molar-refractivity contribution in [1.82, 2.24) is 14.9 Å². The molecule has 0 aliphatic rings. The minimum atomic E-state index is -3.65. The minimum absolute atomic E-state index is 0.0306. The Kier molecular flexibility index (Phi) is 6.60. The van der Waals surface area contributed by atoms with Gasteiger partial charge < -0.3 is 9.84 Å². The maximum Gasteiger partial charge on any atom is 0.244 e. The number of aromatic nitrogens is 2. The molecule has 1 heterocycles. The van der Waals surface area contributed by atoms with Gasteiger partial charge in [-0.2, -0.15) is 5.10 Å². The molecule has 1 rings (SSSR count). The molecule has 0 amide bonds. The lowest BCUT2D eigenvalue weighted by Crippen LogP contribution is -2.27. The standard InChI is InChI=1S/C12H23N3O4S/c1-9(2)8-19-6-4-5-13-20(17,18)12-10(3)14-15-11(12)7-16/h9,13,16H,4-8H2,1-3H3,(H,14,15). The Balaban J connectivity index is 2.48. The van der Waals surface area contributed by atoms with Crippen LogP contribution >= 0.6 is 0 Å². The second-order valence-electron chi connectivity index (χ2n) is 5.00. The molecule has 0 radical (unpaired) electrons. The van der Waals surface area contributed by atoms with Crippen LogP contribution in [0, 0.1) is 12.8 Å². The summed E-state index contributed by atoms with van der Waals surface area (Å²) in [6, 6.07) is 0. The lowest BCUT2D eigenvalue weighted by Gasteiger charge is -2.09. The summed E-state index contributed by atoms with van der Waals surface area (Å²) in [5.41, 5.74) is 0.545. The number of nitrogens with zero attached hydrogens (tertiary/aromatic N) is 1. The van der Waals surface area contributed by atoms with E-state index >= 15 is 0 Å². The molecule has 0 spiro atoms. The fourth-order valence-electron chi connectivity index (χ4n) is 1.71. The number of hydrogen-bond donors (Lipinski definition) is 3. The van der Waals surface area contributed by atoms with E-state index in [9.17, 15) is 8.42 Å². The highest BCUT2D eigenvalue weighted by atomic mass is 32.2. The zero-order chi connectivity index (χ0) is 15.2. The zero-order valence-corrected chi connectivity index (χ0v) is 13.0. The summed E-state index contributed by atoms with van der Waals surface area (Å²) in [6.07, 6.45) is 0.595. The predicted octanol–water partition coefficient (Wildman–Crippen LogP) is 0.551. The molecule has 3 N–H and O–H groups in total. The van der Waals surface area contributed by atoms with Crippen LogP contribution in [0.1, 0.15) is 31.7 Å². The first-order valence-electron chi connectivity index (χ1n) is 6.60. The third kappa shape index (κ3) is 4.86. The predicted molar refractivity (Wildman–Crippen MR) is 74.7 cm³/mol.